The van der Waals surface area contributed by atoms with Crippen LogP contribution in [0.3, 0.4) is 0 Å². The van der Waals surface area contributed by atoms with E-state index in [9.17, 15) is 10.3 Å². The van der Waals surface area contributed by atoms with Gasteiger partial charge in [-0.25, -0.2) is 4.74 Å². The van der Waals surface area contributed by atoms with Gasteiger partial charge >= 0.3 is 0 Å². The Balaban J connectivity index is 1.43. The average Bonchev–Trinajstić information content (AvgIpc) is 2.97. The molecule has 0 bridgehead atoms. The molecule has 0 amide bonds. The first-order valence-electron chi connectivity index (χ1n) is 14.1. The molecule has 206 valence electrons. The Morgan fingerprint density at radius 2 is 1.18 bits per heavy atom. The molecule has 0 unspecified atom stereocenters. The summed E-state index contributed by atoms with van der Waals surface area (Å²) in [4.78, 5) is 0. The molecule has 1 aliphatic heterocycles. The van der Waals surface area contributed by atoms with Gasteiger partial charge in [-0.15, -0.1) is 0 Å². The van der Waals surface area contributed by atoms with Crippen LogP contribution in [0.25, 0.3) is 0 Å². The third-order valence-electron chi connectivity index (χ3n) is 7.82. The number of benzene rings is 3. The fraction of sp³-hybridized carbons (Fsp3) is 0.424. The molecule has 3 atom stereocenters. The highest BCUT2D eigenvalue weighted by atomic mass is 16.6. The summed E-state index contributed by atoms with van der Waals surface area (Å²) < 4.78 is 20.4. The summed E-state index contributed by atoms with van der Waals surface area (Å²) in [5.74, 6) is 0. The molecule has 39 heavy (non-hydrogen) atoms. The van der Waals surface area contributed by atoms with Crippen LogP contribution >= 0.6 is 0 Å². The van der Waals surface area contributed by atoms with Crippen LogP contribution < -0.4 is 0 Å². The van der Waals surface area contributed by atoms with Crippen LogP contribution in [0.15, 0.2) is 91.0 Å². The first kappa shape index (κ1) is 27.5. The maximum atomic E-state index is 13.6. The Hall–Kier alpha value is -3.03. The quantitative estimate of drug-likeness (QED) is 0.251. The summed E-state index contributed by atoms with van der Waals surface area (Å²) in [7, 11) is 0. The van der Waals surface area contributed by atoms with E-state index in [0.29, 0.717) is 38.4 Å². The van der Waals surface area contributed by atoms with Gasteiger partial charge in [-0.1, -0.05) is 110 Å². The first-order valence-corrected chi connectivity index (χ1v) is 14.1. The lowest BCUT2D eigenvalue weighted by atomic mass is 9.79. The van der Waals surface area contributed by atoms with Crippen LogP contribution in [-0.4, -0.2) is 46.0 Å². The van der Waals surface area contributed by atoms with Crippen LogP contribution in [0, 0.1) is 5.21 Å². The SMILES string of the molecule is [O-][N+]1=C(CC2(O)CCCCC2)[C@@H](OCc2ccccc2)[C@H](OCc2ccccc2)[C@@H](OCc2ccccc2)C1. The summed E-state index contributed by atoms with van der Waals surface area (Å²) in [6.45, 7) is 1.20. The smallest absolute Gasteiger partial charge is 0.198 e. The van der Waals surface area contributed by atoms with Gasteiger partial charge in [-0.2, -0.15) is 0 Å². The molecule has 5 rings (SSSR count). The molecule has 6 heteroatoms. The van der Waals surface area contributed by atoms with Gasteiger partial charge < -0.3 is 24.5 Å². The molecule has 1 N–H and O–H groups in total. The van der Waals surface area contributed by atoms with Crippen molar-refractivity contribution in [1.82, 2.24) is 0 Å². The van der Waals surface area contributed by atoms with Crippen molar-refractivity contribution in [2.75, 3.05) is 6.54 Å². The number of aliphatic hydroxyl groups is 1. The van der Waals surface area contributed by atoms with Gasteiger partial charge in [-0.05, 0) is 29.5 Å². The number of hydrogen-bond donors (Lipinski definition) is 1. The van der Waals surface area contributed by atoms with Crippen molar-refractivity contribution >= 4 is 5.71 Å². The lowest BCUT2D eigenvalue weighted by Gasteiger charge is -2.39. The lowest BCUT2D eigenvalue weighted by Crippen LogP contribution is -2.57. The predicted molar refractivity (Wildman–Crippen MR) is 151 cm³/mol. The Kier molecular flexibility index (Phi) is 9.43. The van der Waals surface area contributed by atoms with Gasteiger partial charge in [-0.3, -0.25) is 0 Å². The molecular weight excluding hydrogens is 490 g/mol. The highest BCUT2D eigenvalue weighted by Crippen LogP contribution is 2.34. The fourth-order valence-corrected chi connectivity index (χ4v) is 5.66. The van der Waals surface area contributed by atoms with Crippen molar-refractivity contribution in [2.24, 2.45) is 0 Å². The second-order valence-electron chi connectivity index (χ2n) is 10.8. The van der Waals surface area contributed by atoms with Crippen LogP contribution in [-0.2, 0) is 34.0 Å². The standard InChI is InChI=1S/C33H39NO5/c35-33(19-11-4-12-20-33)21-29-31(38-24-27-15-7-2-8-16-27)32(39-25-28-17-9-3-10-18-28)30(22-34(29)36)37-23-26-13-5-1-6-14-26/h1-3,5-10,13-18,30-32,35H,4,11-12,19-25H2/t30-,31+,32+/m0/s1. The zero-order chi connectivity index (χ0) is 26.9. The van der Waals surface area contributed by atoms with E-state index in [4.69, 9.17) is 14.2 Å². The number of ether oxygens (including phenoxy) is 3. The van der Waals surface area contributed by atoms with E-state index < -0.39 is 23.9 Å². The summed E-state index contributed by atoms with van der Waals surface area (Å²) in [6.07, 6.45) is 3.06. The normalized spacial score (nSPS) is 23.1. The van der Waals surface area contributed by atoms with Crippen LogP contribution in [0.1, 0.15) is 55.2 Å². The number of hydroxylamine groups is 1. The van der Waals surface area contributed by atoms with E-state index in [0.717, 1.165) is 40.7 Å². The zero-order valence-corrected chi connectivity index (χ0v) is 22.5. The van der Waals surface area contributed by atoms with Crippen LogP contribution in [0.5, 0.6) is 0 Å². The predicted octanol–water partition coefficient (Wildman–Crippen LogP) is 5.79. The van der Waals surface area contributed by atoms with Crippen molar-refractivity contribution in [3.8, 4) is 0 Å². The minimum Gasteiger partial charge on any atom is -0.624 e. The highest BCUT2D eigenvalue weighted by molar-refractivity contribution is 5.86. The van der Waals surface area contributed by atoms with Crippen molar-refractivity contribution in [3.63, 3.8) is 0 Å². The molecule has 3 aromatic carbocycles. The molecule has 1 heterocycles. The Morgan fingerprint density at radius 1 is 0.692 bits per heavy atom. The average molecular weight is 530 g/mol. The van der Waals surface area contributed by atoms with Gasteiger partial charge in [0.2, 0.25) is 0 Å². The molecule has 6 nitrogen and oxygen atoms in total. The van der Waals surface area contributed by atoms with E-state index in [2.05, 4.69) is 0 Å². The summed E-state index contributed by atoms with van der Waals surface area (Å²) >= 11 is 0. The van der Waals surface area contributed by atoms with Crippen molar-refractivity contribution < 1.29 is 24.1 Å². The van der Waals surface area contributed by atoms with Crippen LogP contribution in [0.4, 0.5) is 0 Å². The monoisotopic (exact) mass is 529 g/mol. The second kappa shape index (κ2) is 13.4. The molecule has 2 aliphatic rings. The van der Waals surface area contributed by atoms with Crippen LogP contribution in [0.2, 0.25) is 0 Å². The summed E-state index contributed by atoms with van der Waals surface area (Å²) in [6, 6.07) is 29.9. The molecule has 0 spiro atoms. The minimum atomic E-state index is -0.897. The highest BCUT2D eigenvalue weighted by Gasteiger charge is 2.48. The molecule has 1 saturated carbocycles. The number of hydrogen-bond acceptors (Lipinski definition) is 5. The second-order valence-corrected chi connectivity index (χ2v) is 10.8. The van der Waals surface area contributed by atoms with E-state index >= 15 is 0 Å². The number of rotatable bonds is 11. The van der Waals surface area contributed by atoms with Gasteiger partial charge in [0.05, 0.1) is 31.8 Å². The zero-order valence-electron chi connectivity index (χ0n) is 22.5. The van der Waals surface area contributed by atoms with Gasteiger partial charge in [0.15, 0.2) is 18.4 Å². The van der Waals surface area contributed by atoms with Crippen molar-refractivity contribution in [3.05, 3.63) is 113 Å². The van der Waals surface area contributed by atoms with E-state index in [-0.39, 0.29) is 13.0 Å². The summed E-state index contributed by atoms with van der Waals surface area (Å²) in [5.41, 5.74) is 2.74. The third kappa shape index (κ3) is 7.55. The summed E-state index contributed by atoms with van der Waals surface area (Å²) in [5, 5.41) is 25.1. The molecule has 1 aliphatic carbocycles. The topological polar surface area (TPSA) is 74.0 Å². The van der Waals surface area contributed by atoms with Crippen molar-refractivity contribution in [1.29, 1.82) is 0 Å². The Morgan fingerprint density at radius 3 is 1.72 bits per heavy atom. The van der Waals surface area contributed by atoms with Gasteiger partial charge in [0.1, 0.15) is 12.2 Å². The first-order chi connectivity index (χ1) is 19.1. The molecule has 1 fully saturated rings. The van der Waals surface area contributed by atoms with Gasteiger partial charge in [0.25, 0.3) is 0 Å². The lowest BCUT2D eigenvalue weighted by molar-refractivity contribution is -0.490. The largest absolute Gasteiger partial charge is 0.624 e. The molecule has 0 radical (unpaired) electrons. The van der Waals surface area contributed by atoms with Crippen molar-refractivity contribution in [2.45, 2.75) is 82.3 Å². The Bertz CT molecular complexity index is 1180. The fourth-order valence-electron chi connectivity index (χ4n) is 5.66. The van der Waals surface area contributed by atoms with E-state index in [1.54, 1.807) is 0 Å². The molecular formula is C33H39NO5. The molecule has 0 saturated heterocycles. The number of nitrogens with zero attached hydrogens (tertiary/aromatic N) is 1. The van der Waals surface area contributed by atoms with E-state index in [1.165, 1.54) is 0 Å². The third-order valence-corrected chi connectivity index (χ3v) is 7.82. The van der Waals surface area contributed by atoms with Gasteiger partial charge in [0, 0.05) is 0 Å². The maximum absolute atomic E-state index is 13.6. The molecule has 3 aromatic rings. The minimum absolute atomic E-state index is 0.128. The maximum Gasteiger partial charge on any atom is 0.198 e. The van der Waals surface area contributed by atoms with E-state index in [1.807, 2.05) is 91.0 Å². The Labute approximate surface area is 231 Å². The molecule has 0 aromatic heterocycles.